The first-order chi connectivity index (χ1) is 16.7. The molecule has 1 aromatic carbocycles. The normalized spacial score (nSPS) is 14.6. The van der Waals surface area contributed by atoms with Crippen LogP contribution in [0.5, 0.6) is 0 Å². The highest BCUT2D eigenvalue weighted by Crippen LogP contribution is 2.26. The first-order valence-electron chi connectivity index (χ1n) is 10.6. The number of fused-ring (bicyclic) bond motifs is 1. The third-order valence-corrected chi connectivity index (χ3v) is 5.40. The number of anilines is 1. The van der Waals surface area contributed by atoms with E-state index in [1.54, 1.807) is 24.7 Å². The van der Waals surface area contributed by atoms with E-state index in [4.69, 9.17) is 14.3 Å². The number of carboxylic acids is 1. The van der Waals surface area contributed by atoms with Crippen molar-refractivity contribution in [3.8, 4) is 11.3 Å². The van der Waals surface area contributed by atoms with Gasteiger partial charge >= 0.3 is 12.1 Å². The molecule has 0 amide bonds. The van der Waals surface area contributed by atoms with E-state index in [1.165, 1.54) is 12.1 Å². The molecule has 4 aromatic rings. The van der Waals surface area contributed by atoms with Crippen LogP contribution in [0, 0.1) is 5.82 Å². The standard InChI is InChI=1S/C21H20FN5O.C2HF3O2/c22-17-4-1-3-16(13-17)19-14-24-21-20(23-6-7-27(19)21)26-10-8-25(9-11-26)15-18-5-2-12-28-18;3-2(4,5)1(6)7/h1-7,12-14H,8-11,15H2;(H,6,7). The number of rotatable bonds is 4. The van der Waals surface area contributed by atoms with Gasteiger partial charge in [0.1, 0.15) is 11.6 Å². The van der Waals surface area contributed by atoms with Gasteiger partial charge in [-0.1, -0.05) is 12.1 Å². The Balaban J connectivity index is 0.000000364. The minimum atomic E-state index is -5.08. The number of piperazine rings is 1. The molecule has 0 atom stereocenters. The Morgan fingerprint density at radius 3 is 2.46 bits per heavy atom. The fraction of sp³-hybridized carbons (Fsp3) is 0.261. The number of halogens is 4. The highest BCUT2D eigenvalue weighted by molar-refractivity contribution is 5.73. The van der Waals surface area contributed by atoms with Crippen LogP contribution in [0.25, 0.3) is 16.9 Å². The van der Waals surface area contributed by atoms with Crippen LogP contribution in [-0.2, 0) is 11.3 Å². The number of aromatic nitrogens is 3. The monoisotopic (exact) mass is 491 g/mol. The molecule has 1 saturated heterocycles. The smallest absolute Gasteiger partial charge is 0.475 e. The zero-order chi connectivity index (χ0) is 25.0. The number of carbonyl (C=O) groups is 1. The van der Waals surface area contributed by atoms with Crippen molar-refractivity contribution in [3.05, 3.63) is 72.8 Å². The van der Waals surface area contributed by atoms with Crippen LogP contribution >= 0.6 is 0 Å². The average Bonchev–Trinajstić information content (AvgIpc) is 3.49. The molecule has 1 aliphatic rings. The summed E-state index contributed by atoms with van der Waals surface area (Å²) in [6.45, 7) is 4.43. The van der Waals surface area contributed by atoms with Gasteiger partial charge in [-0.2, -0.15) is 13.2 Å². The van der Waals surface area contributed by atoms with Crippen LogP contribution < -0.4 is 4.90 Å². The topological polar surface area (TPSA) is 87.1 Å². The van der Waals surface area contributed by atoms with Gasteiger partial charge in [0.25, 0.3) is 0 Å². The number of hydrogen-bond acceptors (Lipinski definition) is 6. The molecule has 35 heavy (non-hydrogen) atoms. The number of furan rings is 1. The Kier molecular flexibility index (Phi) is 7.01. The Hall–Kier alpha value is -3.93. The lowest BCUT2D eigenvalue weighted by Crippen LogP contribution is -2.46. The molecular formula is C23H21F4N5O3. The summed E-state index contributed by atoms with van der Waals surface area (Å²) >= 11 is 0. The summed E-state index contributed by atoms with van der Waals surface area (Å²) < 4.78 is 52.8. The van der Waals surface area contributed by atoms with Gasteiger partial charge in [-0.3, -0.25) is 9.30 Å². The van der Waals surface area contributed by atoms with E-state index in [9.17, 15) is 17.6 Å². The molecule has 8 nitrogen and oxygen atoms in total. The maximum absolute atomic E-state index is 13.6. The number of alkyl halides is 3. The number of carboxylic acid groups (broad SMARTS) is 1. The van der Waals surface area contributed by atoms with Gasteiger partial charge in [0, 0.05) is 44.1 Å². The fourth-order valence-corrected chi connectivity index (χ4v) is 3.73. The Bertz CT molecular complexity index is 1280. The lowest BCUT2D eigenvalue weighted by Gasteiger charge is -2.34. The van der Waals surface area contributed by atoms with Crippen molar-refractivity contribution >= 4 is 17.4 Å². The van der Waals surface area contributed by atoms with E-state index in [0.717, 1.165) is 61.2 Å². The number of nitrogens with zero attached hydrogens (tertiary/aromatic N) is 5. The molecule has 0 spiro atoms. The number of hydrogen-bond donors (Lipinski definition) is 1. The quantitative estimate of drug-likeness (QED) is 0.431. The van der Waals surface area contributed by atoms with Gasteiger partial charge in [-0.05, 0) is 24.3 Å². The van der Waals surface area contributed by atoms with Crippen molar-refractivity contribution in [2.24, 2.45) is 0 Å². The summed E-state index contributed by atoms with van der Waals surface area (Å²) in [7, 11) is 0. The zero-order valence-electron chi connectivity index (χ0n) is 18.3. The zero-order valence-corrected chi connectivity index (χ0v) is 18.3. The summed E-state index contributed by atoms with van der Waals surface area (Å²) in [6.07, 6.45) is 2.06. The molecule has 12 heteroatoms. The molecule has 5 rings (SSSR count). The van der Waals surface area contributed by atoms with Crippen molar-refractivity contribution in [1.29, 1.82) is 0 Å². The summed E-state index contributed by atoms with van der Waals surface area (Å²) in [4.78, 5) is 22.7. The van der Waals surface area contributed by atoms with Gasteiger partial charge in [-0.15, -0.1) is 0 Å². The molecule has 0 bridgehead atoms. The Labute approximate surface area is 197 Å². The predicted octanol–water partition coefficient (Wildman–Crippen LogP) is 4.08. The SMILES string of the molecule is Fc1cccc(-c2cnc3c(N4CCN(Cc5ccco5)CC4)nccn23)c1.O=C(O)C(F)(F)F. The molecule has 1 N–H and O–H groups in total. The van der Waals surface area contributed by atoms with Crippen molar-refractivity contribution < 1.29 is 31.9 Å². The molecule has 4 heterocycles. The van der Waals surface area contributed by atoms with Crippen LogP contribution in [0.2, 0.25) is 0 Å². The minimum Gasteiger partial charge on any atom is -0.475 e. The lowest BCUT2D eigenvalue weighted by molar-refractivity contribution is -0.192. The maximum Gasteiger partial charge on any atom is 0.490 e. The van der Waals surface area contributed by atoms with Gasteiger partial charge in [0.05, 0.1) is 24.7 Å². The predicted molar refractivity (Wildman–Crippen MR) is 118 cm³/mol. The van der Waals surface area contributed by atoms with Crippen molar-refractivity contribution in [1.82, 2.24) is 19.3 Å². The van der Waals surface area contributed by atoms with E-state index >= 15 is 0 Å². The summed E-state index contributed by atoms with van der Waals surface area (Å²) in [5.41, 5.74) is 2.45. The third-order valence-electron chi connectivity index (χ3n) is 5.40. The van der Waals surface area contributed by atoms with E-state index in [0.29, 0.717) is 0 Å². The van der Waals surface area contributed by atoms with Crippen LogP contribution in [0.3, 0.4) is 0 Å². The maximum atomic E-state index is 13.6. The van der Waals surface area contributed by atoms with Gasteiger partial charge < -0.3 is 14.4 Å². The van der Waals surface area contributed by atoms with E-state index in [1.807, 2.05) is 28.8 Å². The third kappa shape index (κ3) is 5.77. The van der Waals surface area contributed by atoms with E-state index in [2.05, 4.69) is 19.8 Å². The van der Waals surface area contributed by atoms with Crippen LogP contribution in [-0.4, -0.2) is 62.7 Å². The first kappa shape index (κ1) is 24.2. The van der Waals surface area contributed by atoms with Crippen LogP contribution in [0.1, 0.15) is 5.76 Å². The van der Waals surface area contributed by atoms with E-state index in [-0.39, 0.29) is 5.82 Å². The fourth-order valence-electron chi connectivity index (χ4n) is 3.73. The first-order valence-corrected chi connectivity index (χ1v) is 10.6. The van der Waals surface area contributed by atoms with Crippen molar-refractivity contribution in [2.75, 3.05) is 31.1 Å². The van der Waals surface area contributed by atoms with Crippen molar-refractivity contribution in [2.45, 2.75) is 12.7 Å². The summed E-state index contributed by atoms with van der Waals surface area (Å²) in [5, 5.41) is 7.12. The molecule has 0 unspecified atom stereocenters. The summed E-state index contributed by atoms with van der Waals surface area (Å²) in [5.74, 6) is -1.16. The van der Waals surface area contributed by atoms with Crippen molar-refractivity contribution in [3.63, 3.8) is 0 Å². The molecule has 184 valence electrons. The largest absolute Gasteiger partial charge is 0.490 e. The minimum absolute atomic E-state index is 0.255. The van der Waals surface area contributed by atoms with Gasteiger partial charge in [0.15, 0.2) is 11.5 Å². The Morgan fingerprint density at radius 2 is 1.83 bits per heavy atom. The summed E-state index contributed by atoms with van der Waals surface area (Å²) in [6, 6.07) is 10.5. The molecule has 1 fully saturated rings. The molecule has 0 saturated carbocycles. The molecule has 0 radical (unpaired) electrons. The molecule has 3 aromatic heterocycles. The Morgan fingerprint density at radius 1 is 1.09 bits per heavy atom. The highest BCUT2D eigenvalue weighted by Gasteiger charge is 2.38. The molecule has 0 aliphatic carbocycles. The second-order valence-corrected chi connectivity index (χ2v) is 7.74. The number of imidazole rings is 1. The van der Waals surface area contributed by atoms with Crippen LogP contribution in [0.15, 0.2) is 65.7 Å². The second kappa shape index (κ2) is 10.1. The number of benzene rings is 1. The van der Waals surface area contributed by atoms with Crippen LogP contribution in [0.4, 0.5) is 23.4 Å². The average molecular weight is 491 g/mol. The number of aliphatic carboxylic acids is 1. The molecular weight excluding hydrogens is 470 g/mol. The van der Waals surface area contributed by atoms with Gasteiger partial charge in [-0.25, -0.2) is 19.2 Å². The second-order valence-electron chi connectivity index (χ2n) is 7.74. The van der Waals surface area contributed by atoms with E-state index < -0.39 is 12.1 Å². The molecule has 1 aliphatic heterocycles. The lowest BCUT2D eigenvalue weighted by atomic mass is 10.1. The highest BCUT2D eigenvalue weighted by atomic mass is 19.4. The van der Waals surface area contributed by atoms with Gasteiger partial charge in [0.2, 0.25) is 0 Å².